The number of likely N-dealkylation sites (N-methyl/N-ethyl adjacent to an activating group) is 1. The second-order valence-electron chi connectivity index (χ2n) is 6.58. The number of ether oxygens (including phenoxy) is 1. The fourth-order valence-corrected chi connectivity index (χ4v) is 2.83. The van der Waals surface area contributed by atoms with Gasteiger partial charge < -0.3 is 14.2 Å². The molecule has 1 heterocycles. The molecule has 0 saturated heterocycles. The maximum Gasteiger partial charge on any atom is 0.263 e. The molecule has 28 heavy (non-hydrogen) atoms. The minimum atomic E-state index is -0.561. The van der Waals surface area contributed by atoms with E-state index in [1.54, 1.807) is 11.9 Å². The number of rotatable bonds is 8. The minimum absolute atomic E-state index is 0.124. The molecule has 0 unspecified atom stereocenters. The van der Waals surface area contributed by atoms with E-state index < -0.39 is 6.10 Å². The zero-order valence-electron chi connectivity index (χ0n) is 16.5. The standard InChI is InChI=1S/C22H25N3O3/c1-4-16-11-13-18(14-12-16)27-19(5-2)22(26)25(3)15-20-23-21(24-28-20)17-9-7-6-8-10-17/h6-14,19H,4-5,15H2,1-3H3/t19-/m1/s1. The van der Waals surface area contributed by atoms with Crippen LogP contribution in [0, 0.1) is 0 Å². The Hall–Kier alpha value is -3.15. The third-order valence-corrected chi connectivity index (χ3v) is 4.50. The summed E-state index contributed by atoms with van der Waals surface area (Å²) >= 11 is 0. The molecule has 0 aliphatic carbocycles. The van der Waals surface area contributed by atoms with E-state index in [0.717, 1.165) is 12.0 Å². The second-order valence-corrected chi connectivity index (χ2v) is 6.58. The Morgan fingerprint density at radius 1 is 1.11 bits per heavy atom. The van der Waals surface area contributed by atoms with Crippen LogP contribution < -0.4 is 4.74 Å². The van der Waals surface area contributed by atoms with Crippen molar-refractivity contribution in [1.29, 1.82) is 0 Å². The molecule has 0 N–H and O–H groups in total. The van der Waals surface area contributed by atoms with E-state index in [2.05, 4.69) is 17.1 Å². The summed E-state index contributed by atoms with van der Waals surface area (Å²) in [6.45, 7) is 4.26. The van der Waals surface area contributed by atoms with E-state index in [9.17, 15) is 4.79 Å². The molecule has 6 nitrogen and oxygen atoms in total. The first kappa shape index (κ1) is 19.6. The Bertz CT molecular complexity index is 891. The lowest BCUT2D eigenvalue weighted by molar-refractivity contribution is -0.138. The van der Waals surface area contributed by atoms with Crippen molar-refractivity contribution in [2.75, 3.05) is 7.05 Å². The van der Waals surface area contributed by atoms with Crippen molar-refractivity contribution in [1.82, 2.24) is 15.0 Å². The Balaban J connectivity index is 1.63. The fourth-order valence-electron chi connectivity index (χ4n) is 2.83. The van der Waals surface area contributed by atoms with Gasteiger partial charge in [0, 0.05) is 12.6 Å². The SMILES string of the molecule is CCc1ccc(O[C@H](CC)C(=O)N(C)Cc2nc(-c3ccccc3)no2)cc1. The largest absolute Gasteiger partial charge is 0.481 e. The summed E-state index contributed by atoms with van der Waals surface area (Å²) in [5.41, 5.74) is 2.10. The highest BCUT2D eigenvalue weighted by Gasteiger charge is 2.24. The molecular formula is C22H25N3O3. The number of hydrogen-bond acceptors (Lipinski definition) is 5. The first-order valence-electron chi connectivity index (χ1n) is 9.49. The van der Waals surface area contributed by atoms with Gasteiger partial charge in [-0.1, -0.05) is 61.5 Å². The average molecular weight is 379 g/mol. The summed E-state index contributed by atoms with van der Waals surface area (Å²) in [4.78, 5) is 18.7. The number of amides is 1. The van der Waals surface area contributed by atoms with Crippen molar-refractivity contribution in [2.45, 2.75) is 39.3 Å². The maximum atomic E-state index is 12.8. The summed E-state index contributed by atoms with van der Waals surface area (Å²) in [6.07, 6.45) is 0.973. The van der Waals surface area contributed by atoms with Crippen LogP contribution in [0.4, 0.5) is 0 Å². The lowest BCUT2D eigenvalue weighted by atomic mass is 10.1. The lowest BCUT2D eigenvalue weighted by Gasteiger charge is -2.22. The molecule has 146 valence electrons. The van der Waals surface area contributed by atoms with E-state index in [4.69, 9.17) is 9.26 Å². The monoisotopic (exact) mass is 379 g/mol. The van der Waals surface area contributed by atoms with Crippen molar-refractivity contribution in [3.8, 4) is 17.1 Å². The second kappa shape index (κ2) is 9.17. The number of nitrogens with zero attached hydrogens (tertiary/aromatic N) is 3. The molecular weight excluding hydrogens is 354 g/mol. The van der Waals surface area contributed by atoms with Gasteiger partial charge in [0.1, 0.15) is 5.75 Å². The molecule has 0 radical (unpaired) electrons. The minimum Gasteiger partial charge on any atom is -0.481 e. The summed E-state index contributed by atoms with van der Waals surface area (Å²) in [6, 6.07) is 17.4. The molecule has 0 bridgehead atoms. The highest BCUT2D eigenvalue weighted by atomic mass is 16.5. The Morgan fingerprint density at radius 2 is 1.82 bits per heavy atom. The van der Waals surface area contributed by atoms with Crippen LogP contribution in [0.25, 0.3) is 11.4 Å². The predicted molar refractivity (Wildman–Crippen MR) is 107 cm³/mol. The van der Waals surface area contributed by atoms with Gasteiger partial charge in [0.15, 0.2) is 6.10 Å². The average Bonchev–Trinajstić information content (AvgIpc) is 3.21. The molecule has 1 amide bonds. The molecule has 3 aromatic rings. The normalized spacial score (nSPS) is 11.8. The van der Waals surface area contributed by atoms with Gasteiger partial charge in [0.2, 0.25) is 11.7 Å². The van der Waals surface area contributed by atoms with Crippen LogP contribution in [0.1, 0.15) is 31.7 Å². The van der Waals surface area contributed by atoms with E-state index in [1.807, 2.05) is 61.5 Å². The highest BCUT2D eigenvalue weighted by Crippen LogP contribution is 2.18. The number of carbonyl (C=O) groups is 1. The van der Waals surface area contributed by atoms with Gasteiger partial charge >= 0.3 is 0 Å². The first-order valence-corrected chi connectivity index (χ1v) is 9.49. The molecule has 0 fully saturated rings. The van der Waals surface area contributed by atoms with Crippen LogP contribution in [0.5, 0.6) is 5.75 Å². The van der Waals surface area contributed by atoms with Crippen LogP contribution >= 0.6 is 0 Å². The van der Waals surface area contributed by atoms with Gasteiger partial charge in [0.25, 0.3) is 5.91 Å². The van der Waals surface area contributed by atoms with Gasteiger partial charge in [-0.2, -0.15) is 4.98 Å². The Kier molecular flexibility index (Phi) is 6.42. The molecule has 0 aliphatic heterocycles. The van der Waals surface area contributed by atoms with E-state index in [0.29, 0.717) is 23.9 Å². The van der Waals surface area contributed by atoms with Gasteiger partial charge in [-0.25, -0.2) is 0 Å². The predicted octanol–water partition coefficient (Wildman–Crippen LogP) is 4.12. The Morgan fingerprint density at radius 3 is 2.46 bits per heavy atom. The molecule has 0 saturated carbocycles. The van der Waals surface area contributed by atoms with Crippen LogP contribution in [-0.4, -0.2) is 34.1 Å². The van der Waals surface area contributed by atoms with Gasteiger partial charge in [-0.05, 0) is 30.5 Å². The van der Waals surface area contributed by atoms with E-state index in [1.165, 1.54) is 5.56 Å². The first-order chi connectivity index (χ1) is 13.6. The van der Waals surface area contributed by atoms with E-state index >= 15 is 0 Å². The Labute approximate surface area is 165 Å². The molecule has 0 spiro atoms. The van der Waals surface area contributed by atoms with E-state index in [-0.39, 0.29) is 12.5 Å². The molecule has 1 aromatic heterocycles. The third-order valence-electron chi connectivity index (χ3n) is 4.50. The quantitative estimate of drug-likeness (QED) is 0.589. The number of hydrogen-bond donors (Lipinski definition) is 0. The van der Waals surface area contributed by atoms with Crippen molar-refractivity contribution < 1.29 is 14.1 Å². The van der Waals surface area contributed by atoms with Gasteiger partial charge in [0.05, 0.1) is 6.54 Å². The number of aromatic nitrogens is 2. The van der Waals surface area contributed by atoms with Gasteiger partial charge in [-0.3, -0.25) is 4.79 Å². The van der Waals surface area contributed by atoms with Gasteiger partial charge in [-0.15, -0.1) is 0 Å². The van der Waals surface area contributed by atoms with Crippen molar-refractivity contribution in [2.24, 2.45) is 0 Å². The third kappa shape index (κ3) is 4.76. The number of benzene rings is 2. The number of carbonyl (C=O) groups excluding carboxylic acids is 1. The summed E-state index contributed by atoms with van der Waals surface area (Å²) in [7, 11) is 1.71. The number of aryl methyl sites for hydroxylation is 1. The lowest BCUT2D eigenvalue weighted by Crippen LogP contribution is -2.39. The molecule has 1 atom stereocenters. The van der Waals surface area contributed by atoms with Crippen molar-refractivity contribution >= 4 is 5.91 Å². The fraction of sp³-hybridized carbons (Fsp3) is 0.318. The topological polar surface area (TPSA) is 68.5 Å². The van der Waals surface area contributed by atoms with Crippen LogP contribution in [0.15, 0.2) is 59.1 Å². The van der Waals surface area contributed by atoms with Crippen molar-refractivity contribution in [3.05, 3.63) is 66.1 Å². The molecule has 0 aliphatic rings. The molecule has 2 aromatic carbocycles. The van der Waals surface area contributed by atoms with Crippen LogP contribution in [-0.2, 0) is 17.8 Å². The van der Waals surface area contributed by atoms with Crippen molar-refractivity contribution in [3.63, 3.8) is 0 Å². The molecule has 6 heteroatoms. The summed E-state index contributed by atoms with van der Waals surface area (Å²) in [5, 5.41) is 3.99. The molecule has 3 rings (SSSR count). The van der Waals surface area contributed by atoms with Crippen LogP contribution in [0.3, 0.4) is 0 Å². The smallest absolute Gasteiger partial charge is 0.263 e. The summed E-state index contributed by atoms with van der Waals surface area (Å²) < 4.78 is 11.2. The zero-order valence-corrected chi connectivity index (χ0v) is 16.5. The highest BCUT2D eigenvalue weighted by molar-refractivity contribution is 5.80. The van der Waals surface area contributed by atoms with Crippen LogP contribution in [0.2, 0.25) is 0 Å². The summed E-state index contributed by atoms with van der Waals surface area (Å²) in [5.74, 6) is 1.46. The zero-order chi connectivity index (χ0) is 19.9. The maximum absolute atomic E-state index is 12.8.